The van der Waals surface area contributed by atoms with Gasteiger partial charge in [-0.3, -0.25) is 9.97 Å². The molecule has 0 radical (unpaired) electrons. The number of fused-ring (bicyclic) bond motifs is 2. The summed E-state index contributed by atoms with van der Waals surface area (Å²) in [6.45, 7) is 8.30. The lowest BCUT2D eigenvalue weighted by Crippen LogP contribution is -2.04. The van der Waals surface area contributed by atoms with Gasteiger partial charge in [0.2, 0.25) is 0 Å². The van der Waals surface area contributed by atoms with Gasteiger partial charge >= 0.3 is 0 Å². The summed E-state index contributed by atoms with van der Waals surface area (Å²) in [5.41, 5.74) is 7.97. The number of nitrogens with one attached hydrogen (secondary N) is 2. The van der Waals surface area contributed by atoms with Gasteiger partial charge in [0.05, 0.1) is 11.0 Å². The van der Waals surface area contributed by atoms with Crippen molar-refractivity contribution in [2.45, 2.75) is 59.3 Å². The van der Waals surface area contributed by atoms with Gasteiger partial charge in [0, 0.05) is 46.6 Å². The Hall–Kier alpha value is -3.14. The lowest BCUT2D eigenvalue weighted by Gasteiger charge is -2.12. The SMILES string of the molecule is Cc1ccc2nc(C)cc(NCCCCCCCCNc3cc(C)nc4ccccc34)c2c1. The Labute approximate surface area is 197 Å². The number of hydrogen-bond acceptors (Lipinski definition) is 4. The van der Waals surface area contributed by atoms with Crippen LogP contribution < -0.4 is 10.6 Å². The Bertz CT molecular complexity index is 1220. The zero-order valence-electron chi connectivity index (χ0n) is 20.2. The van der Waals surface area contributed by atoms with E-state index in [1.165, 1.54) is 66.2 Å². The van der Waals surface area contributed by atoms with Gasteiger partial charge in [-0.2, -0.15) is 0 Å². The topological polar surface area (TPSA) is 49.8 Å². The Morgan fingerprint density at radius 3 is 1.79 bits per heavy atom. The molecule has 4 aromatic rings. The molecular formula is C29H36N4. The average molecular weight is 441 g/mol. The van der Waals surface area contributed by atoms with E-state index < -0.39 is 0 Å². The summed E-state index contributed by atoms with van der Waals surface area (Å²) in [6, 6.07) is 19.2. The molecule has 0 saturated heterocycles. The van der Waals surface area contributed by atoms with Gasteiger partial charge in [-0.1, -0.05) is 55.5 Å². The van der Waals surface area contributed by atoms with Crippen LogP contribution in [0.25, 0.3) is 21.8 Å². The third-order valence-corrected chi connectivity index (χ3v) is 6.17. The van der Waals surface area contributed by atoms with E-state index in [0.717, 1.165) is 35.5 Å². The van der Waals surface area contributed by atoms with Crippen LogP contribution in [-0.2, 0) is 0 Å². The molecule has 0 unspecified atom stereocenters. The summed E-state index contributed by atoms with van der Waals surface area (Å²) in [5, 5.41) is 9.71. The largest absolute Gasteiger partial charge is 0.384 e. The number of pyridine rings is 2. The summed E-state index contributed by atoms with van der Waals surface area (Å²) < 4.78 is 0. The predicted octanol–water partition coefficient (Wildman–Crippen LogP) is 7.57. The number of aryl methyl sites for hydroxylation is 3. The molecule has 4 heteroatoms. The fourth-order valence-corrected chi connectivity index (χ4v) is 4.48. The highest BCUT2D eigenvalue weighted by Crippen LogP contribution is 2.25. The minimum Gasteiger partial charge on any atom is -0.384 e. The van der Waals surface area contributed by atoms with E-state index in [9.17, 15) is 0 Å². The Morgan fingerprint density at radius 1 is 0.576 bits per heavy atom. The number of hydrogen-bond donors (Lipinski definition) is 2. The van der Waals surface area contributed by atoms with Crippen LogP contribution in [0.5, 0.6) is 0 Å². The van der Waals surface area contributed by atoms with Crippen LogP contribution in [0, 0.1) is 20.8 Å². The summed E-state index contributed by atoms with van der Waals surface area (Å²) in [7, 11) is 0. The molecule has 0 bridgehead atoms. The zero-order chi connectivity index (χ0) is 23.0. The molecular weight excluding hydrogens is 404 g/mol. The highest BCUT2D eigenvalue weighted by molar-refractivity contribution is 5.92. The quantitative estimate of drug-likeness (QED) is 0.236. The van der Waals surface area contributed by atoms with E-state index in [0.29, 0.717) is 0 Å². The van der Waals surface area contributed by atoms with Gasteiger partial charge in [-0.05, 0) is 63.9 Å². The molecule has 2 aromatic carbocycles. The van der Waals surface area contributed by atoms with Crippen LogP contribution in [0.1, 0.15) is 55.5 Å². The lowest BCUT2D eigenvalue weighted by molar-refractivity contribution is 0.610. The van der Waals surface area contributed by atoms with Gasteiger partial charge in [-0.15, -0.1) is 0 Å². The molecule has 2 aromatic heterocycles. The minimum atomic E-state index is 1.02. The molecule has 0 amide bonds. The van der Waals surface area contributed by atoms with Crippen molar-refractivity contribution in [2.75, 3.05) is 23.7 Å². The van der Waals surface area contributed by atoms with E-state index in [2.05, 4.69) is 96.0 Å². The van der Waals surface area contributed by atoms with E-state index in [1.807, 2.05) is 0 Å². The maximum Gasteiger partial charge on any atom is 0.0726 e. The first-order valence-corrected chi connectivity index (χ1v) is 12.3. The van der Waals surface area contributed by atoms with Crippen molar-refractivity contribution in [2.24, 2.45) is 0 Å². The van der Waals surface area contributed by atoms with Crippen molar-refractivity contribution in [3.63, 3.8) is 0 Å². The number of nitrogens with zero attached hydrogens (tertiary/aromatic N) is 2. The van der Waals surface area contributed by atoms with Crippen molar-refractivity contribution >= 4 is 33.2 Å². The molecule has 0 aliphatic rings. The molecule has 0 aliphatic heterocycles. The molecule has 33 heavy (non-hydrogen) atoms. The number of anilines is 2. The van der Waals surface area contributed by atoms with Gasteiger partial charge in [-0.25, -0.2) is 0 Å². The summed E-state index contributed by atoms with van der Waals surface area (Å²) in [5.74, 6) is 0. The lowest BCUT2D eigenvalue weighted by atomic mass is 10.1. The van der Waals surface area contributed by atoms with E-state index in [1.54, 1.807) is 0 Å². The molecule has 172 valence electrons. The summed E-state index contributed by atoms with van der Waals surface area (Å²) >= 11 is 0. The van der Waals surface area contributed by atoms with E-state index >= 15 is 0 Å². The first-order valence-electron chi connectivity index (χ1n) is 12.3. The van der Waals surface area contributed by atoms with Crippen molar-refractivity contribution in [3.05, 3.63) is 71.5 Å². The van der Waals surface area contributed by atoms with Gasteiger partial charge in [0.1, 0.15) is 0 Å². The van der Waals surface area contributed by atoms with Crippen molar-refractivity contribution in [1.82, 2.24) is 9.97 Å². The van der Waals surface area contributed by atoms with Crippen LogP contribution >= 0.6 is 0 Å². The van der Waals surface area contributed by atoms with Crippen molar-refractivity contribution in [1.29, 1.82) is 0 Å². The number of para-hydroxylation sites is 1. The minimum absolute atomic E-state index is 1.02. The number of unbranched alkanes of at least 4 members (excludes halogenated alkanes) is 5. The van der Waals surface area contributed by atoms with Crippen LogP contribution in [0.2, 0.25) is 0 Å². The second-order valence-corrected chi connectivity index (χ2v) is 9.14. The summed E-state index contributed by atoms with van der Waals surface area (Å²) in [6.07, 6.45) is 7.55. The molecule has 0 aliphatic carbocycles. The maximum absolute atomic E-state index is 4.66. The second kappa shape index (κ2) is 11.1. The smallest absolute Gasteiger partial charge is 0.0726 e. The monoisotopic (exact) mass is 440 g/mol. The summed E-state index contributed by atoms with van der Waals surface area (Å²) in [4.78, 5) is 9.28. The average Bonchev–Trinajstić information content (AvgIpc) is 2.80. The Morgan fingerprint density at radius 2 is 1.12 bits per heavy atom. The zero-order valence-corrected chi connectivity index (χ0v) is 20.2. The van der Waals surface area contributed by atoms with Gasteiger partial charge in [0.25, 0.3) is 0 Å². The number of rotatable bonds is 11. The molecule has 0 atom stereocenters. The fraction of sp³-hybridized carbons (Fsp3) is 0.379. The van der Waals surface area contributed by atoms with Crippen molar-refractivity contribution < 1.29 is 0 Å². The maximum atomic E-state index is 4.66. The highest BCUT2D eigenvalue weighted by atomic mass is 14.9. The molecule has 0 spiro atoms. The van der Waals surface area contributed by atoms with Crippen LogP contribution in [0.3, 0.4) is 0 Å². The van der Waals surface area contributed by atoms with Crippen LogP contribution in [-0.4, -0.2) is 23.1 Å². The third-order valence-electron chi connectivity index (χ3n) is 6.17. The molecule has 2 heterocycles. The highest BCUT2D eigenvalue weighted by Gasteiger charge is 2.05. The Kier molecular flexibility index (Phi) is 7.77. The van der Waals surface area contributed by atoms with Crippen molar-refractivity contribution in [3.8, 4) is 0 Å². The van der Waals surface area contributed by atoms with Gasteiger partial charge in [0.15, 0.2) is 0 Å². The van der Waals surface area contributed by atoms with E-state index in [4.69, 9.17) is 0 Å². The molecule has 0 fully saturated rings. The standard InChI is InChI=1S/C29H36N4/c1-21-14-15-27-25(18-21)29(20-23(3)33-27)31-17-11-7-5-4-6-10-16-30-28-19-22(2)32-26-13-9-8-12-24(26)28/h8-9,12-15,18-20H,4-7,10-11,16-17H2,1-3H3,(H,30,32)(H,31,33). The third kappa shape index (κ3) is 6.22. The van der Waals surface area contributed by atoms with Crippen LogP contribution in [0.15, 0.2) is 54.6 Å². The first-order chi connectivity index (χ1) is 16.1. The second-order valence-electron chi connectivity index (χ2n) is 9.14. The molecule has 2 N–H and O–H groups in total. The van der Waals surface area contributed by atoms with Gasteiger partial charge < -0.3 is 10.6 Å². The molecule has 4 rings (SSSR count). The number of benzene rings is 2. The molecule has 4 nitrogen and oxygen atoms in total. The normalized spacial score (nSPS) is 11.2. The van der Waals surface area contributed by atoms with E-state index in [-0.39, 0.29) is 0 Å². The first kappa shape index (κ1) is 23.0. The molecule has 0 saturated carbocycles. The fourth-order valence-electron chi connectivity index (χ4n) is 4.48. The van der Waals surface area contributed by atoms with Crippen LogP contribution in [0.4, 0.5) is 11.4 Å². The Balaban J connectivity index is 1.13. The number of aromatic nitrogens is 2. The predicted molar refractivity (Wildman–Crippen MR) is 142 cm³/mol.